The zero-order chi connectivity index (χ0) is 14.8. The molecular weight excluding hydrogens is 252 g/mol. The maximum Gasteiger partial charge on any atom is 0.141 e. The molecular formula is C15H26N4O. The first-order chi connectivity index (χ1) is 9.63. The number of hydrogen-bond acceptors (Lipinski definition) is 4. The van der Waals surface area contributed by atoms with Gasteiger partial charge < -0.3 is 21.2 Å². The summed E-state index contributed by atoms with van der Waals surface area (Å²) in [5.41, 5.74) is 6.79. The molecule has 5 nitrogen and oxygen atoms in total. The van der Waals surface area contributed by atoms with Crippen molar-refractivity contribution in [3.05, 3.63) is 35.9 Å². The van der Waals surface area contributed by atoms with Crippen molar-refractivity contribution in [1.29, 1.82) is 0 Å². The minimum atomic E-state index is 0.0893. The maximum absolute atomic E-state index is 8.73. The third-order valence-electron chi connectivity index (χ3n) is 3.17. The van der Waals surface area contributed by atoms with Gasteiger partial charge >= 0.3 is 0 Å². The molecule has 0 aromatic heterocycles. The van der Waals surface area contributed by atoms with Crippen molar-refractivity contribution >= 4 is 5.84 Å². The fourth-order valence-corrected chi connectivity index (χ4v) is 2.07. The highest BCUT2D eigenvalue weighted by atomic mass is 16.4. The molecule has 1 atom stereocenters. The molecule has 0 heterocycles. The van der Waals surface area contributed by atoms with E-state index in [9.17, 15) is 0 Å². The molecule has 0 spiro atoms. The average Bonchev–Trinajstić information content (AvgIpc) is 2.46. The Balaban J connectivity index is 2.47. The zero-order valence-electron chi connectivity index (χ0n) is 12.4. The van der Waals surface area contributed by atoms with Crippen molar-refractivity contribution in [3.63, 3.8) is 0 Å². The summed E-state index contributed by atoms with van der Waals surface area (Å²) in [6.07, 6.45) is 2.77. The SMILES string of the molecule is CN(C)CCCCNC(CC(N)=NO)c1ccccc1. The van der Waals surface area contributed by atoms with E-state index in [4.69, 9.17) is 10.9 Å². The number of nitrogens with one attached hydrogen (secondary N) is 1. The van der Waals surface area contributed by atoms with Gasteiger partial charge in [0.15, 0.2) is 0 Å². The van der Waals surface area contributed by atoms with Crippen molar-refractivity contribution in [2.45, 2.75) is 25.3 Å². The molecule has 0 saturated heterocycles. The first-order valence-electron chi connectivity index (χ1n) is 7.03. The van der Waals surface area contributed by atoms with E-state index in [2.05, 4.69) is 41.6 Å². The number of unbranched alkanes of at least 4 members (excludes halogenated alkanes) is 1. The molecule has 0 aliphatic rings. The summed E-state index contributed by atoms with van der Waals surface area (Å²) < 4.78 is 0. The maximum atomic E-state index is 8.73. The van der Waals surface area contributed by atoms with Crippen LogP contribution >= 0.6 is 0 Å². The van der Waals surface area contributed by atoms with E-state index in [0.29, 0.717) is 6.42 Å². The normalized spacial score (nSPS) is 13.7. The van der Waals surface area contributed by atoms with Gasteiger partial charge in [0, 0.05) is 12.5 Å². The number of rotatable bonds is 9. The largest absolute Gasteiger partial charge is 0.409 e. The second-order valence-electron chi connectivity index (χ2n) is 5.22. The molecule has 112 valence electrons. The van der Waals surface area contributed by atoms with Crippen LogP contribution in [0.3, 0.4) is 0 Å². The number of hydrogen-bond donors (Lipinski definition) is 3. The highest BCUT2D eigenvalue weighted by Gasteiger charge is 2.12. The Morgan fingerprint density at radius 3 is 2.60 bits per heavy atom. The first-order valence-corrected chi connectivity index (χ1v) is 7.03. The van der Waals surface area contributed by atoms with Crippen LogP contribution in [0, 0.1) is 0 Å². The first kappa shape index (κ1) is 16.5. The zero-order valence-corrected chi connectivity index (χ0v) is 12.4. The molecule has 0 amide bonds. The molecule has 0 saturated carbocycles. The molecule has 0 radical (unpaired) electrons. The van der Waals surface area contributed by atoms with Crippen LogP contribution in [0.15, 0.2) is 35.5 Å². The van der Waals surface area contributed by atoms with Gasteiger partial charge in [-0.05, 0) is 45.6 Å². The van der Waals surface area contributed by atoms with Crippen molar-refractivity contribution < 1.29 is 5.21 Å². The lowest BCUT2D eigenvalue weighted by molar-refractivity contribution is 0.315. The van der Waals surface area contributed by atoms with Gasteiger partial charge in [0.2, 0.25) is 0 Å². The number of amidine groups is 1. The van der Waals surface area contributed by atoms with Gasteiger partial charge in [-0.1, -0.05) is 35.5 Å². The third kappa shape index (κ3) is 6.54. The lowest BCUT2D eigenvalue weighted by Gasteiger charge is -2.19. The topological polar surface area (TPSA) is 73.9 Å². The van der Waals surface area contributed by atoms with Crippen LogP contribution in [0.25, 0.3) is 0 Å². The Morgan fingerprint density at radius 2 is 2.00 bits per heavy atom. The third-order valence-corrected chi connectivity index (χ3v) is 3.17. The van der Waals surface area contributed by atoms with E-state index < -0.39 is 0 Å². The Labute approximate surface area is 121 Å². The summed E-state index contributed by atoms with van der Waals surface area (Å²) in [5, 5.41) is 15.3. The van der Waals surface area contributed by atoms with Gasteiger partial charge in [-0.15, -0.1) is 0 Å². The van der Waals surface area contributed by atoms with Gasteiger partial charge in [-0.2, -0.15) is 0 Å². The van der Waals surface area contributed by atoms with E-state index in [1.807, 2.05) is 18.2 Å². The summed E-state index contributed by atoms with van der Waals surface area (Å²) in [6, 6.07) is 10.2. The summed E-state index contributed by atoms with van der Waals surface area (Å²) in [5.74, 6) is 0.250. The van der Waals surface area contributed by atoms with Crippen LogP contribution in [0.4, 0.5) is 0 Å². The average molecular weight is 278 g/mol. The van der Waals surface area contributed by atoms with Crippen molar-refractivity contribution in [3.8, 4) is 0 Å². The van der Waals surface area contributed by atoms with Crippen molar-refractivity contribution in [2.75, 3.05) is 27.2 Å². The van der Waals surface area contributed by atoms with E-state index in [1.54, 1.807) is 0 Å². The molecule has 1 rings (SSSR count). The Morgan fingerprint density at radius 1 is 1.30 bits per heavy atom. The van der Waals surface area contributed by atoms with E-state index in [-0.39, 0.29) is 11.9 Å². The van der Waals surface area contributed by atoms with Gasteiger partial charge in [0.25, 0.3) is 0 Å². The quantitative estimate of drug-likeness (QED) is 0.212. The molecule has 5 heteroatoms. The number of oxime groups is 1. The highest BCUT2D eigenvalue weighted by molar-refractivity contribution is 5.80. The molecule has 1 aromatic rings. The van der Waals surface area contributed by atoms with Gasteiger partial charge in [-0.25, -0.2) is 0 Å². The lowest BCUT2D eigenvalue weighted by atomic mass is 10.0. The molecule has 1 unspecified atom stereocenters. The van der Waals surface area contributed by atoms with E-state index >= 15 is 0 Å². The predicted molar refractivity (Wildman–Crippen MR) is 83.0 cm³/mol. The molecule has 20 heavy (non-hydrogen) atoms. The number of benzene rings is 1. The molecule has 1 aromatic carbocycles. The highest BCUT2D eigenvalue weighted by Crippen LogP contribution is 2.16. The molecule has 0 fully saturated rings. The predicted octanol–water partition coefficient (Wildman–Crippen LogP) is 1.80. The molecule has 0 aliphatic heterocycles. The number of nitrogens with zero attached hydrogens (tertiary/aromatic N) is 2. The van der Waals surface area contributed by atoms with Crippen LogP contribution in [-0.2, 0) is 0 Å². The van der Waals surface area contributed by atoms with E-state index in [0.717, 1.165) is 31.5 Å². The molecule has 4 N–H and O–H groups in total. The summed E-state index contributed by atoms with van der Waals surface area (Å²) in [6.45, 7) is 2.02. The fraction of sp³-hybridized carbons (Fsp3) is 0.533. The Hall–Kier alpha value is -1.59. The molecule has 0 aliphatic carbocycles. The summed E-state index contributed by atoms with van der Waals surface area (Å²) in [4.78, 5) is 2.19. The van der Waals surface area contributed by atoms with Crippen LogP contribution < -0.4 is 11.1 Å². The van der Waals surface area contributed by atoms with Gasteiger partial charge in [0.1, 0.15) is 5.84 Å². The van der Waals surface area contributed by atoms with Crippen LogP contribution in [0.1, 0.15) is 30.9 Å². The summed E-state index contributed by atoms with van der Waals surface area (Å²) >= 11 is 0. The van der Waals surface area contributed by atoms with Crippen LogP contribution in [0.5, 0.6) is 0 Å². The van der Waals surface area contributed by atoms with Crippen molar-refractivity contribution in [1.82, 2.24) is 10.2 Å². The monoisotopic (exact) mass is 278 g/mol. The lowest BCUT2D eigenvalue weighted by Crippen LogP contribution is -2.28. The minimum absolute atomic E-state index is 0.0893. The molecule has 0 bridgehead atoms. The Kier molecular flexibility index (Phi) is 7.69. The van der Waals surface area contributed by atoms with Gasteiger partial charge in [0.05, 0.1) is 0 Å². The second kappa shape index (κ2) is 9.34. The van der Waals surface area contributed by atoms with Crippen LogP contribution in [-0.4, -0.2) is 43.1 Å². The minimum Gasteiger partial charge on any atom is -0.409 e. The van der Waals surface area contributed by atoms with Gasteiger partial charge in [-0.3, -0.25) is 0 Å². The number of nitrogens with two attached hydrogens (primary N) is 1. The van der Waals surface area contributed by atoms with Crippen molar-refractivity contribution in [2.24, 2.45) is 10.9 Å². The van der Waals surface area contributed by atoms with E-state index in [1.165, 1.54) is 0 Å². The fourth-order valence-electron chi connectivity index (χ4n) is 2.07. The second-order valence-corrected chi connectivity index (χ2v) is 5.22. The summed E-state index contributed by atoms with van der Waals surface area (Å²) in [7, 11) is 4.16. The smallest absolute Gasteiger partial charge is 0.141 e. The Bertz CT molecular complexity index is 392. The standard InChI is InChI=1S/C15H26N4O/c1-19(2)11-7-6-10-17-14(12-15(16)18-20)13-8-4-3-5-9-13/h3-5,8-9,14,17,20H,6-7,10-12H2,1-2H3,(H2,16,18). The van der Waals surface area contributed by atoms with Crippen LogP contribution in [0.2, 0.25) is 0 Å².